The van der Waals surface area contributed by atoms with Gasteiger partial charge in [-0.2, -0.15) is 0 Å². The molecule has 2 rings (SSSR count). The fourth-order valence-electron chi connectivity index (χ4n) is 0.565. The summed E-state index contributed by atoms with van der Waals surface area (Å²) in [5.74, 6) is -0.377. The van der Waals surface area contributed by atoms with Crippen LogP contribution in [0.15, 0.2) is 10.2 Å². The Bertz CT molecular complexity index is 319. The van der Waals surface area contributed by atoms with Crippen LogP contribution in [0.2, 0.25) is 0 Å². The maximum atomic E-state index is 10.6. The van der Waals surface area contributed by atoms with Crippen molar-refractivity contribution < 1.29 is 4.79 Å². The Hall–Kier alpha value is -1.79. The van der Waals surface area contributed by atoms with E-state index in [1.54, 1.807) is 0 Å². The molecule has 7 nitrogen and oxygen atoms in total. The Balaban J connectivity index is 2.70. The van der Waals surface area contributed by atoms with Crippen molar-refractivity contribution in [1.29, 1.82) is 0 Å². The van der Waals surface area contributed by atoms with Crippen LogP contribution in [0, 0.1) is 0 Å². The zero-order valence-corrected chi connectivity index (χ0v) is 4.59. The summed E-state index contributed by atoms with van der Waals surface area (Å²) in [6.45, 7) is 0. The Morgan fingerprint density at radius 3 is 2.60 bits per heavy atom. The Morgan fingerprint density at radius 1 is 1.00 bits per heavy atom. The van der Waals surface area contributed by atoms with Crippen LogP contribution in [0.25, 0.3) is 0 Å². The molecule has 1 aliphatic heterocycles. The van der Waals surface area contributed by atoms with Gasteiger partial charge >= 0.3 is 5.91 Å². The Kier molecular flexibility index (Phi) is 0.802. The van der Waals surface area contributed by atoms with E-state index in [9.17, 15) is 4.79 Å². The average Bonchev–Trinajstić information content (AvgIpc) is 2.34. The van der Waals surface area contributed by atoms with Gasteiger partial charge in [0, 0.05) is 0 Å². The van der Waals surface area contributed by atoms with Crippen LogP contribution in [0.1, 0.15) is 10.5 Å². The van der Waals surface area contributed by atoms with Gasteiger partial charge in [0.05, 0.1) is 0 Å². The summed E-state index contributed by atoms with van der Waals surface area (Å²) in [7, 11) is 0. The number of rotatable bonds is 0. The van der Waals surface area contributed by atoms with E-state index in [4.69, 9.17) is 0 Å². The van der Waals surface area contributed by atoms with Crippen molar-refractivity contribution in [2.24, 2.45) is 10.2 Å². The van der Waals surface area contributed by atoms with Gasteiger partial charge in [-0.1, -0.05) is 0 Å². The molecule has 0 saturated heterocycles. The molecule has 0 atom stereocenters. The molecule has 1 aromatic rings. The number of nitrogens with zero attached hydrogens (tertiary/aromatic N) is 6. The molecule has 0 bridgehead atoms. The third kappa shape index (κ3) is 0.508. The zero-order chi connectivity index (χ0) is 6.97. The number of fused-ring (bicyclic) bond motifs is 1. The second kappa shape index (κ2) is 1.59. The number of carbonyl (C=O) groups excluding carboxylic acids is 1. The molecule has 0 aromatic carbocycles. The molecule has 48 valence electrons. The van der Waals surface area contributed by atoms with Gasteiger partial charge in [-0.3, -0.25) is 4.79 Å². The number of hydrogen-bond acceptors (Lipinski definition) is 6. The summed E-state index contributed by atoms with van der Waals surface area (Å²) < 4.78 is 0. The Morgan fingerprint density at radius 2 is 1.80 bits per heavy atom. The third-order valence-corrected chi connectivity index (χ3v) is 0.974. The smallest absolute Gasteiger partial charge is 0.263 e. The minimum atomic E-state index is -0.516. The third-order valence-electron chi connectivity index (χ3n) is 0.974. The van der Waals surface area contributed by atoms with Crippen molar-refractivity contribution >= 4 is 11.7 Å². The summed E-state index contributed by atoms with van der Waals surface area (Å²) in [4.78, 5) is 10.6. The highest BCUT2D eigenvalue weighted by Gasteiger charge is 2.20. The maximum absolute atomic E-state index is 10.6. The lowest BCUT2D eigenvalue weighted by molar-refractivity contribution is 0.0997. The summed E-state index contributed by atoms with van der Waals surface area (Å²) in [6, 6.07) is 0. The average molecular weight is 136 g/mol. The minimum absolute atomic E-state index is 0.0648. The summed E-state index contributed by atoms with van der Waals surface area (Å²) in [6.07, 6.45) is 0. The molecule has 7 heteroatoms. The molecule has 0 saturated carbocycles. The van der Waals surface area contributed by atoms with Crippen molar-refractivity contribution in [2.75, 3.05) is 0 Å². The number of hydrogen-bond donors (Lipinski definition) is 0. The molecule has 0 fully saturated rings. The maximum Gasteiger partial charge on any atom is 0.320 e. The van der Waals surface area contributed by atoms with E-state index in [-0.39, 0.29) is 11.5 Å². The van der Waals surface area contributed by atoms with Crippen molar-refractivity contribution in [1.82, 2.24) is 20.6 Å². The van der Waals surface area contributed by atoms with Crippen molar-refractivity contribution in [3.63, 3.8) is 0 Å². The molecule has 1 aliphatic rings. The van der Waals surface area contributed by atoms with Crippen LogP contribution < -0.4 is 0 Å². The van der Waals surface area contributed by atoms with Gasteiger partial charge in [0.1, 0.15) is 0 Å². The SMILES string of the molecule is O=C1N=Nc2nnnnc21. The van der Waals surface area contributed by atoms with Gasteiger partial charge in [-0.25, -0.2) is 0 Å². The van der Waals surface area contributed by atoms with E-state index < -0.39 is 5.91 Å². The van der Waals surface area contributed by atoms with E-state index in [0.717, 1.165) is 0 Å². The molecule has 1 amide bonds. The highest BCUT2D eigenvalue weighted by molar-refractivity contribution is 5.98. The molecule has 0 spiro atoms. The molecule has 0 unspecified atom stereocenters. The monoisotopic (exact) mass is 136 g/mol. The normalized spacial score (nSPS) is 13.8. The van der Waals surface area contributed by atoms with Crippen LogP contribution in [-0.2, 0) is 0 Å². The fraction of sp³-hybridized carbons (Fsp3) is 0. The number of azo groups is 1. The molecule has 0 radical (unpaired) electrons. The van der Waals surface area contributed by atoms with Gasteiger partial charge in [0.2, 0.25) is 11.5 Å². The first-order valence-corrected chi connectivity index (χ1v) is 2.40. The standard InChI is InChI=1S/C3N6O/c10-3-1-2(5-7-3)6-9-8-4-1. The number of aromatic nitrogens is 4. The van der Waals surface area contributed by atoms with Crippen LogP contribution in [0.5, 0.6) is 0 Å². The van der Waals surface area contributed by atoms with E-state index in [1.807, 2.05) is 0 Å². The fourth-order valence-corrected chi connectivity index (χ4v) is 0.565. The lowest BCUT2D eigenvalue weighted by Gasteiger charge is -1.82. The highest BCUT2D eigenvalue weighted by atomic mass is 16.2. The number of amides is 1. The van der Waals surface area contributed by atoms with Crippen LogP contribution in [-0.4, -0.2) is 26.5 Å². The first-order valence-electron chi connectivity index (χ1n) is 2.40. The predicted octanol–water partition coefficient (Wildman–Crippen LogP) is -0.496. The van der Waals surface area contributed by atoms with Crippen LogP contribution in [0.3, 0.4) is 0 Å². The topological polar surface area (TPSA) is 93.3 Å². The van der Waals surface area contributed by atoms with E-state index in [2.05, 4.69) is 30.9 Å². The number of carbonyl (C=O) groups is 1. The Labute approximate surface area is 54.2 Å². The second-order valence-corrected chi connectivity index (χ2v) is 1.56. The van der Waals surface area contributed by atoms with E-state index in [0.29, 0.717) is 0 Å². The van der Waals surface area contributed by atoms with Gasteiger partial charge < -0.3 is 0 Å². The molecular weight excluding hydrogens is 136 g/mol. The van der Waals surface area contributed by atoms with Crippen LogP contribution in [0.4, 0.5) is 5.82 Å². The molecular formula is C3N6O. The quantitative estimate of drug-likeness (QED) is 0.479. The lowest BCUT2D eigenvalue weighted by atomic mass is 10.4. The van der Waals surface area contributed by atoms with Crippen molar-refractivity contribution in [3.8, 4) is 0 Å². The van der Waals surface area contributed by atoms with Crippen molar-refractivity contribution in [3.05, 3.63) is 5.69 Å². The molecule has 10 heavy (non-hydrogen) atoms. The zero-order valence-electron chi connectivity index (χ0n) is 4.59. The minimum Gasteiger partial charge on any atom is -0.263 e. The van der Waals surface area contributed by atoms with E-state index in [1.165, 1.54) is 0 Å². The predicted molar refractivity (Wildman–Crippen MR) is 26.5 cm³/mol. The summed E-state index contributed by atoms with van der Waals surface area (Å²) in [5.41, 5.74) is 0.0648. The van der Waals surface area contributed by atoms with Crippen molar-refractivity contribution in [2.45, 2.75) is 0 Å². The summed E-state index contributed by atoms with van der Waals surface area (Å²) >= 11 is 0. The largest absolute Gasteiger partial charge is 0.320 e. The molecule has 1 aromatic heterocycles. The van der Waals surface area contributed by atoms with Gasteiger partial charge in [0.15, 0.2) is 0 Å². The van der Waals surface area contributed by atoms with Gasteiger partial charge in [-0.05, 0) is 10.4 Å². The first kappa shape index (κ1) is 5.03. The molecule has 0 N–H and O–H groups in total. The van der Waals surface area contributed by atoms with Gasteiger partial charge in [-0.15, -0.1) is 20.4 Å². The molecule has 0 aliphatic carbocycles. The molecule has 2 heterocycles. The lowest BCUT2D eigenvalue weighted by Crippen LogP contribution is -1.99. The second-order valence-electron chi connectivity index (χ2n) is 1.56. The van der Waals surface area contributed by atoms with E-state index >= 15 is 0 Å². The highest BCUT2D eigenvalue weighted by Crippen LogP contribution is 2.18. The van der Waals surface area contributed by atoms with Gasteiger partial charge in [0.25, 0.3) is 0 Å². The van der Waals surface area contributed by atoms with Crippen LogP contribution >= 0.6 is 0 Å². The summed E-state index contributed by atoms with van der Waals surface area (Å²) in [5, 5.41) is 19.7. The first-order chi connectivity index (χ1) is 4.88.